The highest BCUT2D eigenvalue weighted by Gasteiger charge is 2.07. The van der Waals surface area contributed by atoms with Gasteiger partial charge >= 0.3 is 0 Å². The van der Waals surface area contributed by atoms with Gasteiger partial charge in [0.1, 0.15) is 0 Å². The molecule has 0 unspecified atom stereocenters. The zero-order valence-corrected chi connectivity index (χ0v) is 14.2. The van der Waals surface area contributed by atoms with Gasteiger partial charge in [-0.15, -0.1) is 11.3 Å². The monoisotopic (exact) mass is 298 g/mol. The zero-order valence-electron chi connectivity index (χ0n) is 13.4. The first kappa shape index (κ1) is 15.6. The van der Waals surface area contributed by atoms with Gasteiger partial charge in [-0.3, -0.25) is 0 Å². The molecule has 2 aromatic rings. The van der Waals surface area contributed by atoms with Crippen LogP contribution in [-0.4, -0.2) is 4.98 Å². The number of aryl methyl sites for hydroxylation is 2. The molecule has 21 heavy (non-hydrogen) atoms. The molecule has 1 aromatic heterocycles. The molecule has 2 N–H and O–H groups in total. The molecule has 1 aromatic carbocycles. The predicted octanol–water partition coefficient (Wildman–Crippen LogP) is 4.33. The number of anilines is 1. The van der Waals surface area contributed by atoms with Crippen LogP contribution < -0.4 is 5.73 Å². The minimum atomic E-state index is 0.0104. The second-order valence-electron chi connectivity index (χ2n) is 6.46. The standard InChI is InChI=1S/C18H22N2S/c1-12-9-16(19)13(2)8-14(12)10-15-11-21-17(20-15)6-7-18(3,4)5/h8-9,11H,10,19H2,1-5H3. The lowest BCUT2D eigenvalue weighted by atomic mass is 9.98. The van der Waals surface area contributed by atoms with Crippen molar-refractivity contribution in [1.29, 1.82) is 0 Å². The van der Waals surface area contributed by atoms with Crippen molar-refractivity contribution in [2.45, 2.75) is 41.0 Å². The lowest BCUT2D eigenvalue weighted by molar-refractivity contribution is 0.571. The summed E-state index contributed by atoms with van der Waals surface area (Å²) in [6, 6.07) is 4.20. The second-order valence-corrected chi connectivity index (χ2v) is 7.31. The van der Waals surface area contributed by atoms with Gasteiger partial charge in [0.2, 0.25) is 0 Å². The Hall–Kier alpha value is -1.79. The first-order valence-electron chi connectivity index (χ1n) is 7.08. The maximum absolute atomic E-state index is 5.94. The van der Waals surface area contributed by atoms with E-state index in [4.69, 9.17) is 5.73 Å². The lowest BCUT2D eigenvalue weighted by Gasteiger charge is -2.08. The lowest BCUT2D eigenvalue weighted by Crippen LogP contribution is -1.99. The first-order valence-corrected chi connectivity index (χ1v) is 7.96. The molecule has 110 valence electrons. The number of hydrogen-bond acceptors (Lipinski definition) is 3. The second kappa shape index (κ2) is 5.91. The number of nitrogens with two attached hydrogens (primary N) is 1. The summed E-state index contributed by atoms with van der Waals surface area (Å²) in [6.45, 7) is 10.5. The summed E-state index contributed by atoms with van der Waals surface area (Å²) in [7, 11) is 0. The van der Waals surface area contributed by atoms with Gasteiger partial charge in [-0.2, -0.15) is 0 Å². The smallest absolute Gasteiger partial charge is 0.167 e. The van der Waals surface area contributed by atoms with E-state index in [2.05, 4.69) is 56.0 Å². The highest BCUT2D eigenvalue weighted by Crippen LogP contribution is 2.21. The SMILES string of the molecule is Cc1cc(Cc2csc(C#CC(C)(C)C)n2)c(C)cc1N. The predicted molar refractivity (Wildman–Crippen MR) is 91.6 cm³/mol. The van der Waals surface area contributed by atoms with E-state index in [0.29, 0.717) is 0 Å². The Morgan fingerprint density at radius 2 is 1.90 bits per heavy atom. The third-order valence-electron chi connectivity index (χ3n) is 3.19. The first-order chi connectivity index (χ1) is 9.74. The Labute approximate surface area is 131 Å². The maximum atomic E-state index is 5.94. The molecule has 0 saturated carbocycles. The van der Waals surface area contributed by atoms with Gasteiger partial charge in [0.15, 0.2) is 5.01 Å². The van der Waals surface area contributed by atoms with Crippen molar-refractivity contribution in [2.75, 3.05) is 5.73 Å². The van der Waals surface area contributed by atoms with E-state index < -0.39 is 0 Å². The number of nitrogen functional groups attached to an aromatic ring is 1. The molecule has 3 heteroatoms. The Morgan fingerprint density at radius 3 is 2.57 bits per heavy atom. The number of benzene rings is 1. The molecule has 0 atom stereocenters. The molecule has 0 spiro atoms. The van der Waals surface area contributed by atoms with E-state index in [1.165, 1.54) is 11.1 Å². The fourth-order valence-corrected chi connectivity index (χ4v) is 2.63. The van der Waals surface area contributed by atoms with Gasteiger partial charge in [0, 0.05) is 22.9 Å². The third-order valence-corrected chi connectivity index (χ3v) is 4.00. The fourth-order valence-electron chi connectivity index (χ4n) is 1.97. The molecule has 0 fully saturated rings. The van der Waals surface area contributed by atoms with Crippen molar-refractivity contribution in [3.63, 3.8) is 0 Å². The molecule has 2 rings (SSSR count). The topological polar surface area (TPSA) is 38.9 Å². The summed E-state index contributed by atoms with van der Waals surface area (Å²) in [5, 5.41) is 2.99. The summed E-state index contributed by atoms with van der Waals surface area (Å²) in [4.78, 5) is 4.62. The molecule has 0 bridgehead atoms. The van der Waals surface area contributed by atoms with Crippen molar-refractivity contribution < 1.29 is 0 Å². The molecule has 1 heterocycles. The summed E-state index contributed by atoms with van der Waals surface area (Å²) in [5.74, 6) is 6.39. The van der Waals surface area contributed by atoms with Crippen molar-refractivity contribution in [3.8, 4) is 11.8 Å². The largest absolute Gasteiger partial charge is 0.399 e. The molecule has 0 radical (unpaired) electrons. The van der Waals surface area contributed by atoms with Crippen molar-refractivity contribution >= 4 is 17.0 Å². The molecule has 0 aliphatic heterocycles. The van der Waals surface area contributed by atoms with Crippen LogP contribution in [0, 0.1) is 31.1 Å². The summed E-state index contributed by atoms with van der Waals surface area (Å²) in [5.41, 5.74) is 11.5. The van der Waals surface area contributed by atoms with Gasteiger partial charge in [-0.1, -0.05) is 12.0 Å². The van der Waals surface area contributed by atoms with E-state index in [-0.39, 0.29) is 5.41 Å². The molecular formula is C18H22N2S. The Morgan fingerprint density at radius 1 is 1.19 bits per heavy atom. The fraction of sp³-hybridized carbons (Fsp3) is 0.389. The molecule has 2 nitrogen and oxygen atoms in total. The minimum Gasteiger partial charge on any atom is -0.399 e. The zero-order chi connectivity index (χ0) is 15.6. The normalized spacial score (nSPS) is 11.1. The minimum absolute atomic E-state index is 0.0104. The summed E-state index contributed by atoms with van der Waals surface area (Å²) < 4.78 is 0. The van der Waals surface area contributed by atoms with Crippen LogP contribution in [0.2, 0.25) is 0 Å². The number of hydrogen-bond donors (Lipinski definition) is 1. The Balaban J connectivity index is 2.20. The van der Waals surface area contributed by atoms with Crippen LogP contribution in [0.25, 0.3) is 0 Å². The van der Waals surface area contributed by atoms with Crippen LogP contribution in [0.4, 0.5) is 5.69 Å². The van der Waals surface area contributed by atoms with Crippen LogP contribution >= 0.6 is 11.3 Å². The number of aromatic nitrogens is 1. The Bertz CT molecular complexity index is 709. The van der Waals surface area contributed by atoms with Gasteiger partial charge < -0.3 is 5.73 Å². The van der Waals surface area contributed by atoms with Gasteiger partial charge in [0.05, 0.1) is 5.69 Å². The summed E-state index contributed by atoms with van der Waals surface area (Å²) in [6.07, 6.45) is 0.834. The van der Waals surface area contributed by atoms with Gasteiger partial charge in [-0.05, 0) is 63.3 Å². The highest BCUT2D eigenvalue weighted by atomic mass is 32.1. The van der Waals surface area contributed by atoms with Crippen LogP contribution in [-0.2, 0) is 6.42 Å². The third kappa shape index (κ3) is 4.34. The number of nitrogens with zero attached hydrogens (tertiary/aromatic N) is 1. The average molecular weight is 298 g/mol. The average Bonchev–Trinajstić information content (AvgIpc) is 2.80. The van der Waals surface area contributed by atoms with E-state index in [9.17, 15) is 0 Å². The van der Waals surface area contributed by atoms with Gasteiger partial charge in [-0.25, -0.2) is 4.98 Å². The molecule has 0 aliphatic carbocycles. The molecular weight excluding hydrogens is 276 g/mol. The molecule has 0 saturated heterocycles. The van der Waals surface area contributed by atoms with Crippen molar-refractivity contribution in [2.24, 2.45) is 5.41 Å². The van der Waals surface area contributed by atoms with Crippen molar-refractivity contribution in [3.05, 3.63) is 44.9 Å². The van der Waals surface area contributed by atoms with E-state index >= 15 is 0 Å². The van der Waals surface area contributed by atoms with Crippen LogP contribution in [0.1, 0.15) is 48.2 Å². The molecule has 0 aliphatic rings. The van der Waals surface area contributed by atoms with Crippen LogP contribution in [0.3, 0.4) is 0 Å². The van der Waals surface area contributed by atoms with Gasteiger partial charge in [0.25, 0.3) is 0 Å². The maximum Gasteiger partial charge on any atom is 0.167 e. The van der Waals surface area contributed by atoms with Crippen LogP contribution in [0.15, 0.2) is 17.5 Å². The van der Waals surface area contributed by atoms with Crippen LogP contribution in [0.5, 0.6) is 0 Å². The quantitative estimate of drug-likeness (QED) is 0.662. The number of rotatable bonds is 2. The van der Waals surface area contributed by atoms with Crippen molar-refractivity contribution in [1.82, 2.24) is 4.98 Å². The van der Waals surface area contributed by atoms with E-state index in [1.807, 2.05) is 13.0 Å². The highest BCUT2D eigenvalue weighted by molar-refractivity contribution is 7.10. The molecule has 0 amide bonds. The Kier molecular flexibility index (Phi) is 4.39. The van der Waals surface area contributed by atoms with E-state index in [1.54, 1.807) is 11.3 Å². The van der Waals surface area contributed by atoms with E-state index in [0.717, 1.165) is 28.4 Å². The number of thiazole rings is 1. The summed E-state index contributed by atoms with van der Waals surface area (Å²) >= 11 is 1.61.